The van der Waals surface area contributed by atoms with E-state index in [1.807, 2.05) is 17.0 Å². The second-order valence-corrected chi connectivity index (χ2v) is 5.53. The zero-order valence-electron chi connectivity index (χ0n) is 11.6. The Kier molecular flexibility index (Phi) is 4.15. The summed E-state index contributed by atoms with van der Waals surface area (Å²) in [5.74, 6) is 0.549. The quantitative estimate of drug-likeness (QED) is 0.870. The van der Waals surface area contributed by atoms with Crippen molar-refractivity contribution in [2.45, 2.75) is 25.8 Å². The Morgan fingerprint density at radius 2 is 1.86 bits per heavy atom. The zero-order chi connectivity index (χ0) is 14.7. The van der Waals surface area contributed by atoms with Crippen molar-refractivity contribution >= 4 is 17.5 Å². The molecule has 0 unspecified atom stereocenters. The predicted molar refractivity (Wildman–Crippen MR) is 78.7 cm³/mol. The van der Waals surface area contributed by atoms with E-state index in [0.29, 0.717) is 10.8 Å². The SMILES string of the molecule is O=C(Cn1nnc(-c2ccc(Cl)cc2)n1)N1CCCCC1. The van der Waals surface area contributed by atoms with Gasteiger partial charge in [0, 0.05) is 23.7 Å². The van der Waals surface area contributed by atoms with Crippen LogP contribution in [0.4, 0.5) is 0 Å². The molecule has 7 heteroatoms. The van der Waals surface area contributed by atoms with Gasteiger partial charge in [0.1, 0.15) is 6.54 Å². The molecule has 1 amide bonds. The topological polar surface area (TPSA) is 63.9 Å². The van der Waals surface area contributed by atoms with Crippen LogP contribution in [-0.4, -0.2) is 44.1 Å². The average Bonchev–Trinajstić information content (AvgIpc) is 2.97. The Morgan fingerprint density at radius 3 is 2.57 bits per heavy atom. The van der Waals surface area contributed by atoms with Gasteiger partial charge >= 0.3 is 0 Å². The van der Waals surface area contributed by atoms with E-state index in [1.54, 1.807) is 12.1 Å². The van der Waals surface area contributed by atoms with Crippen LogP contribution in [0.3, 0.4) is 0 Å². The molecule has 2 heterocycles. The largest absolute Gasteiger partial charge is 0.341 e. The van der Waals surface area contributed by atoms with Crippen LogP contribution in [-0.2, 0) is 11.3 Å². The van der Waals surface area contributed by atoms with Crippen LogP contribution in [0.2, 0.25) is 5.02 Å². The molecule has 110 valence electrons. The van der Waals surface area contributed by atoms with Gasteiger partial charge in [-0.25, -0.2) is 0 Å². The normalized spacial score (nSPS) is 15.2. The van der Waals surface area contributed by atoms with Gasteiger partial charge in [0.15, 0.2) is 0 Å². The fourth-order valence-corrected chi connectivity index (χ4v) is 2.52. The molecule has 1 aliphatic rings. The van der Waals surface area contributed by atoms with E-state index < -0.39 is 0 Å². The first-order valence-corrected chi connectivity index (χ1v) is 7.42. The summed E-state index contributed by atoms with van der Waals surface area (Å²) in [5.41, 5.74) is 0.830. The van der Waals surface area contributed by atoms with Gasteiger partial charge in [0.25, 0.3) is 0 Å². The maximum atomic E-state index is 12.1. The number of likely N-dealkylation sites (tertiary alicyclic amines) is 1. The van der Waals surface area contributed by atoms with Gasteiger partial charge in [0.2, 0.25) is 11.7 Å². The fraction of sp³-hybridized carbons (Fsp3) is 0.429. The van der Waals surface area contributed by atoms with Gasteiger partial charge in [0.05, 0.1) is 0 Å². The number of rotatable bonds is 3. The van der Waals surface area contributed by atoms with E-state index in [9.17, 15) is 4.79 Å². The summed E-state index contributed by atoms with van der Waals surface area (Å²) in [6.45, 7) is 1.80. The number of nitrogens with zero attached hydrogens (tertiary/aromatic N) is 5. The summed E-state index contributed by atoms with van der Waals surface area (Å²) >= 11 is 5.85. The summed E-state index contributed by atoms with van der Waals surface area (Å²) in [7, 11) is 0. The van der Waals surface area contributed by atoms with Crippen LogP contribution in [0.15, 0.2) is 24.3 Å². The molecule has 3 rings (SSSR count). The molecule has 0 saturated carbocycles. The van der Waals surface area contributed by atoms with Gasteiger partial charge < -0.3 is 4.90 Å². The average molecular weight is 306 g/mol. The van der Waals surface area contributed by atoms with Gasteiger partial charge in [-0.3, -0.25) is 4.79 Å². The number of amides is 1. The van der Waals surface area contributed by atoms with Crippen molar-refractivity contribution in [1.29, 1.82) is 0 Å². The zero-order valence-corrected chi connectivity index (χ0v) is 12.3. The van der Waals surface area contributed by atoms with Crippen LogP contribution in [0.25, 0.3) is 11.4 Å². The maximum Gasteiger partial charge on any atom is 0.246 e. The number of aromatic nitrogens is 4. The molecule has 1 aromatic heterocycles. The first-order chi connectivity index (χ1) is 10.2. The molecule has 1 aromatic carbocycles. The van der Waals surface area contributed by atoms with Crippen molar-refractivity contribution < 1.29 is 4.79 Å². The van der Waals surface area contributed by atoms with Crippen molar-refractivity contribution in [3.63, 3.8) is 0 Å². The van der Waals surface area contributed by atoms with E-state index in [2.05, 4.69) is 15.4 Å². The summed E-state index contributed by atoms with van der Waals surface area (Å²) in [6, 6.07) is 7.21. The molecule has 0 bridgehead atoms. The smallest absolute Gasteiger partial charge is 0.246 e. The number of tetrazole rings is 1. The van der Waals surface area contributed by atoms with Gasteiger partial charge in [-0.2, -0.15) is 4.80 Å². The molecule has 2 aromatic rings. The fourth-order valence-electron chi connectivity index (χ4n) is 2.39. The van der Waals surface area contributed by atoms with Crippen molar-refractivity contribution in [1.82, 2.24) is 25.1 Å². The first-order valence-electron chi connectivity index (χ1n) is 7.04. The Balaban J connectivity index is 1.67. The number of carbonyl (C=O) groups is 1. The minimum atomic E-state index is 0.0507. The van der Waals surface area contributed by atoms with Crippen LogP contribution in [0, 0.1) is 0 Å². The van der Waals surface area contributed by atoms with Gasteiger partial charge in [-0.15, -0.1) is 10.2 Å². The molecule has 0 aliphatic carbocycles. The second kappa shape index (κ2) is 6.22. The van der Waals surface area contributed by atoms with Crippen molar-refractivity contribution in [2.75, 3.05) is 13.1 Å². The highest BCUT2D eigenvalue weighted by molar-refractivity contribution is 6.30. The lowest BCUT2D eigenvalue weighted by Crippen LogP contribution is -2.38. The molecule has 6 nitrogen and oxygen atoms in total. The maximum absolute atomic E-state index is 12.1. The summed E-state index contributed by atoms with van der Waals surface area (Å²) in [4.78, 5) is 15.4. The third-order valence-corrected chi connectivity index (χ3v) is 3.79. The van der Waals surface area contributed by atoms with E-state index >= 15 is 0 Å². The van der Waals surface area contributed by atoms with Crippen LogP contribution >= 0.6 is 11.6 Å². The Morgan fingerprint density at radius 1 is 1.14 bits per heavy atom. The third-order valence-electron chi connectivity index (χ3n) is 3.54. The highest BCUT2D eigenvalue weighted by atomic mass is 35.5. The Hall–Kier alpha value is -1.95. The molecule has 21 heavy (non-hydrogen) atoms. The lowest BCUT2D eigenvalue weighted by Gasteiger charge is -2.26. The summed E-state index contributed by atoms with van der Waals surface area (Å²) in [6.07, 6.45) is 3.35. The van der Waals surface area contributed by atoms with Gasteiger partial charge in [-0.05, 0) is 48.7 Å². The Labute approximate surface area is 127 Å². The van der Waals surface area contributed by atoms with Crippen molar-refractivity contribution in [2.24, 2.45) is 0 Å². The van der Waals surface area contributed by atoms with Crippen molar-refractivity contribution in [3.05, 3.63) is 29.3 Å². The lowest BCUT2D eigenvalue weighted by molar-refractivity contribution is -0.133. The number of carbonyl (C=O) groups excluding carboxylic acids is 1. The first kappa shape index (κ1) is 14.0. The van der Waals surface area contributed by atoms with E-state index in [0.717, 1.165) is 31.5 Å². The van der Waals surface area contributed by atoms with E-state index in [1.165, 1.54) is 11.2 Å². The van der Waals surface area contributed by atoms with Crippen LogP contribution in [0.5, 0.6) is 0 Å². The number of piperidine rings is 1. The monoisotopic (exact) mass is 305 g/mol. The molecule has 1 aliphatic heterocycles. The van der Waals surface area contributed by atoms with Crippen LogP contribution in [0.1, 0.15) is 19.3 Å². The minimum absolute atomic E-state index is 0.0507. The molecule has 0 spiro atoms. The number of hydrogen-bond donors (Lipinski definition) is 0. The number of halogens is 1. The minimum Gasteiger partial charge on any atom is -0.341 e. The molecule has 1 saturated heterocycles. The Bertz CT molecular complexity index is 619. The summed E-state index contributed by atoms with van der Waals surface area (Å²) < 4.78 is 0. The number of benzene rings is 1. The second-order valence-electron chi connectivity index (χ2n) is 5.09. The van der Waals surface area contributed by atoms with Crippen LogP contribution < -0.4 is 0 Å². The van der Waals surface area contributed by atoms with E-state index in [-0.39, 0.29) is 12.5 Å². The molecule has 0 atom stereocenters. The highest BCUT2D eigenvalue weighted by Crippen LogP contribution is 2.17. The number of hydrogen-bond acceptors (Lipinski definition) is 4. The predicted octanol–water partition coefficient (Wildman–Crippen LogP) is 2.01. The molecule has 0 radical (unpaired) electrons. The summed E-state index contributed by atoms with van der Waals surface area (Å²) in [5, 5.41) is 12.8. The van der Waals surface area contributed by atoms with E-state index in [4.69, 9.17) is 11.6 Å². The lowest BCUT2D eigenvalue weighted by atomic mass is 10.1. The van der Waals surface area contributed by atoms with Gasteiger partial charge in [-0.1, -0.05) is 11.6 Å². The molecular weight excluding hydrogens is 290 g/mol. The molecule has 0 N–H and O–H groups in total. The highest BCUT2D eigenvalue weighted by Gasteiger charge is 2.18. The third kappa shape index (κ3) is 3.39. The van der Waals surface area contributed by atoms with Crippen molar-refractivity contribution in [3.8, 4) is 11.4 Å². The standard InChI is InChI=1S/C14H16ClN5O/c15-12-6-4-11(5-7-12)14-16-18-20(17-14)10-13(21)19-8-2-1-3-9-19/h4-7H,1-3,8-10H2. The molecule has 1 fully saturated rings. The molecular formula is C14H16ClN5O.